The van der Waals surface area contributed by atoms with E-state index in [2.05, 4.69) is 22.5 Å². The minimum absolute atomic E-state index is 0.0813. The standard InChI is InChI=1S/C28H33N5O3S/c1-4-6-16-29-24(34)15-14-22-26(35)32-25-20-12-7-8-13-21(20)31-28(33(22)25)37-23(5-2)27(36)30-19-11-9-10-18(3)17-19/h7-13,17,22-23H,4-6,14-16H2,1-3H3,(H,29,34)(H,30,36). The Morgan fingerprint density at radius 1 is 1.11 bits per heavy atom. The van der Waals surface area contributed by atoms with Crippen LogP contribution < -0.4 is 10.6 Å². The molecule has 2 aromatic carbocycles. The van der Waals surface area contributed by atoms with Crippen LogP contribution in [0, 0.1) is 6.92 Å². The van der Waals surface area contributed by atoms with Gasteiger partial charge in [0.25, 0.3) is 5.91 Å². The van der Waals surface area contributed by atoms with Crippen molar-refractivity contribution in [1.82, 2.24) is 10.2 Å². The largest absolute Gasteiger partial charge is 0.356 e. The average Bonchev–Trinajstić information content (AvgIpc) is 3.22. The number of hydrogen-bond donors (Lipinski definition) is 2. The van der Waals surface area contributed by atoms with Crippen LogP contribution in [0.1, 0.15) is 57.1 Å². The Morgan fingerprint density at radius 3 is 2.68 bits per heavy atom. The van der Waals surface area contributed by atoms with Gasteiger partial charge in [0.2, 0.25) is 11.8 Å². The Morgan fingerprint density at radius 2 is 1.92 bits per heavy atom. The van der Waals surface area contributed by atoms with E-state index in [9.17, 15) is 14.4 Å². The lowest BCUT2D eigenvalue weighted by Gasteiger charge is -2.32. The van der Waals surface area contributed by atoms with Crippen molar-refractivity contribution in [2.24, 2.45) is 9.98 Å². The number of benzene rings is 2. The number of carbonyl (C=O) groups is 3. The van der Waals surface area contributed by atoms with Crippen molar-refractivity contribution in [3.8, 4) is 0 Å². The lowest BCUT2D eigenvalue weighted by molar-refractivity contribution is -0.122. The number of anilines is 1. The maximum absolute atomic E-state index is 13.2. The Labute approximate surface area is 222 Å². The normalized spacial score (nSPS) is 16.9. The lowest BCUT2D eigenvalue weighted by Crippen LogP contribution is -2.45. The predicted molar refractivity (Wildman–Crippen MR) is 149 cm³/mol. The van der Waals surface area contributed by atoms with Crippen LogP contribution in [0.3, 0.4) is 0 Å². The smallest absolute Gasteiger partial charge is 0.270 e. The summed E-state index contributed by atoms with van der Waals surface area (Å²) in [4.78, 5) is 49.6. The van der Waals surface area contributed by atoms with E-state index in [1.807, 2.05) is 67.3 Å². The molecule has 2 atom stereocenters. The number of rotatable bonds is 10. The number of unbranched alkanes of at least 4 members (excludes halogenated alkanes) is 1. The van der Waals surface area contributed by atoms with E-state index < -0.39 is 11.3 Å². The van der Waals surface area contributed by atoms with Crippen LogP contribution in [0.4, 0.5) is 11.4 Å². The number of carbonyl (C=O) groups excluding carboxylic acids is 3. The van der Waals surface area contributed by atoms with Crippen molar-refractivity contribution in [3.63, 3.8) is 0 Å². The van der Waals surface area contributed by atoms with Crippen molar-refractivity contribution in [2.75, 3.05) is 11.9 Å². The first-order valence-corrected chi connectivity index (χ1v) is 13.7. The van der Waals surface area contributed by atoms with Gasteiger partial charge < -0.3 is 10.6 Å². The topological polar surface area (TPSA) is 103 Å². The number of amidine groups is 2. The summed E-state index contributed by atoms with van der Waals surface area (Å²) < 4.78 is 0. The molecule has 0 aliphatic carbocycles. The molecule has 4 rings (SSSR count). The first kappa shape index (κ1) is 26.6. The van der Waals surface area contributed by atoms with Gasteiger partial charge in [0, 0.05) is 24.2 Å². The van der Waals surface area contributed by atoms with Crippen LogP contribution in [0.15, 0.2) is 58.5 Å². The highest BCUT2D eigenvalue weighted by Gasteiger charge is 2.42. The van der Waals surface area contributed by atoms with Crippen LogP contribution in [-0.2, 0) is 14.4 Å². The molecule has 37 heavy (non-hydrogen) atoms. The Kier molecular flexibility index (Phi) is 8.76. The van der Waals surface area contributed by atoms with Gasteiger partial charge in [-0.15, -0.1) is 0 Å². The molecule has 0 bridgehead atoms. The minimum Gasteiger partial charge on any atom is -0.356 e. The summed E-state index contributed by atoms with van der Waals surface area (Å²) >= 11 is 1.32. The Hall–Kier alpha value is -3.46. The van der Waals surface area contributed by atoms with Crippen LogP contribution >= 0.6 is 11.8 Å². The maximum atomic E-state index is 13.2. The van der Waals surface area contributed by atoms with Gasteiger partial charge in [0.05, 0.1) is 10.9 Å². The molecule has 2 aliphatic rings. The quantitative estimate of drug-likeness (QED) is 0.439. The number of hydrogen-bond acceptors (Lipinski definition) is 6. The molecular weight excluding hydrogens is 486 g/mol. The zero-order valence-corrected chi connectivity index (χ0v) is 22.3. The average molecular weight is 520 g/mol. The van der Waals surface area contributed by atoms with E-state index in [4.69, 9.17) is 4.99 Å². The molecule has 9 heteroatoms. The predicted octanol–water partition coefficient (Wildman–Crippen LogP) is 4.80. The van der Waals surface area contributed by atoms with E-state index in [1.54, 1.807) is 0 Å². The number of thioether (sulfide) groups is 1. The van der Waals surface area contributed by atoms with E-state index in [0.717, 1.165) is 29.7 Å². The van der Waals surface area contributed by atoms with E-state index in [0.29, 0.717) is 36.1 Å². The third kappa shape index (κ3) is 6.28. The zero-order valence-electron chi connectivity index (χ0n) is 21.5. The number of para-hydroxylation sites is 1. The Bertz CT molecular complexity index is 1240. The molecule has 8 nitrogen and oxygen atoms in total. The highest BCUT2D eigenvalue weighted by atomic mass is 32.2. The molecular formula is C28H33N5O3S. The van der Waals surface area contributed by atoms with Gasteiger partial charge in [-0.2, -0.15) is 4.99 Å². The number of fused-ring (bicyclic) bond motifs is 3. The van der Waals surface area contributed by atoms with E-state index in [-0.39, 0.29) is 24.1 Å². The monoisotopic (exact) mass is 519 g/mol. The van der Waals surface area contributed by atoms with E-state index in [1.165, 1.54) is 11.8 Å². The molecule has 3 amide bonds. The summed E-state index contributed by atoms with van der Waals surface area (Å²) in [5, 5.41) is 6.03. The fraction of sp³-hybridized carbons (Fsp3) is 0.393. The second-order valence-electron chi connectivity index (χ2n) is 9.19. The fourth-order valence-electron chi connectivity index (χ4n) is 4.31. The molecule has 194 valence electrons. The second kappa shape index (κ2) is 12.2. The highest BCUT2D eigenvalue weighted by Crippen LogP contribution is 2.36. The number of nitrogens with one attached hydrogen (secondary N) is 2. The molecule has 0 fully saturated rings. The Balaban J connectivity index is 1.55. The summed E-state index contributed by atoms with van der Waals surface area (Å²) in [6.07, 6.45) is 3.02. The first-order chi connectivity index (χ1) is 17.9. The summed E-state index contributed by atoms with van der Waals surface area (Å²) in [5.74, 6) is 0.0276. The van der Waals surface area contributed by atoms with Crippen LogP contribution in [-0.4, -0.2) is 51.5 Å². The van der Waals surface area contributed by atoms with Gasteiger partial charge in [-0.25, -0.2) is 4.99 Å². The van der Waals surface area contributed by atoms with Crippen LogP contribution in [0.5, 0.6) is 0 Å². The molecule has 2 heterocycles. The van der Waals surface area contributed by atoms with Crippen molar-refractivity contribution in [1.29, 1.82) is 0 Å². The second-order valence-corrected chi connectivity index (χ2v) is 10.4. The summed E-state index contributed by atoms with van der Waals surface area (Å²) in [6, 6.07) is 14.6. The lowest BCUT2D eigenvalue weighted by atomic mass is 10.1. The summed E-state index contributed by atoms with van der Waals surface area (Å²) in [7, 11) is 0. The maximum Gasteiger partial charge on any atom is 0.270 e. The highest BCUT2D eigenvalue weighted by molar-refractivity contribution is 8.15. The molecule has 2 aromatic rings. The van der Waals surface area contributed by atoms with Crippen molar-refractivity contribution in [3.05, 3.63) is 59.7 Å². The molecule has 2 aliphatic heterocycles. The van der Waals surface area contributed by atoms with Gasteiger partial charge in [0.1, 0.15) is 11.9 Å². The molecule has 0 saturated heterocycles. The number of aliphatic imine (C=N–C) groups is 2. The zero-order chi connectivity index (χ0) is 26.4. The van der Waals surface area contributed by atoms with Gasteiger partial charge in [0.15, 0.2) is 5.17 Å². The van der Waals surface area contributed by atoms with Gasteiger partial charge in [-0.05, 0) is 56.0 Å². The van der Waals surface area contributed by atoms with Crippen LogP contribution in [0.25, 0.3) is 0 Å². The molecule has 0 saturated carbocycles. The van der Waals surface area contributed by atoms with Crippen molar-refractivity contribution < 1.29 is 14.4 Å². The molecule has 2 unspecified atom stereocenters. The van der Waals surface area contributed by atoms with E-state index >= 15 is 0 Å². The van der Waals surface area contributed by atoms with Gasteiger partial charge in [-0.1, -0.05) is 56.3 Å². The molecule has 0 spiro atoms. The first-order valence-electron chi connectivity index (χ1n) is 12.8. The third-order valence-electron chi connectivity index (χ3n) is 6.30. The van der Waals surface area contributed by atoms with Gasteiger partial charge in [-0.3, -0.25) is 19.3 Å². The summed E-state index contributed by atoms with van der Waals surface area (Å²) in [6.45, 7) is 6.63. The third-order valence-corrected chi connectivity index (χ3v) is 7.63. The molecule has 2 N–H and O–H groups in total. The number of aryl methyl sites for hydroxylation is 1. The SMILES string of the molecule is CCCCNC(=O)CCC1C(=O)N=C2c3ccccc3N=C(SC(CC)C(=O)Nc3cccc(C)c3)N21. The summed E-state index contributed by atoms with van der Waals surface area (Å²) in [5.41, 5.74) is 3.28. The fourth-order valence-corrected chi connectivity index (χ4v) is 5.38. The van der Waals surface area contributed by atoms with Crippen molar-refractivity contribution >= 4 is 51.9 Å². The number of nitrogens with zero attached hydrogens (tertiary/aromatic N) is 3. The number of amides is 3. The molecule has 0 radical (unpaired) electrons. The minimum atomic E-state index is -0.635. The van der Waals surface area contributed by atoms with Crippen molar-refractivity contribution in [2.45, 2.75) is 64.2 Å². The van der Waals surface area contributed by atoms with Crippen LogP contribution in [0.2, 0.25) is 0 Å². The van der Waals surface area contributed by atoms with Gasteiger partial charge >= 0.3 is 0 Å². The molecule has 0 aromatic heterocycles.